The van der Waals surface area contributed by atoms with E-state index in [4.69, 9.17) is 5.10 Å². The third-order valence-electron chi connectivity index (χ3n) is 4.91. The summed E-state index contributed by atoms with van der Waals surface area (Å²) in [6.07, 6.45) is 3.79. The van der Waals surface area contributed by atoms with E-state index in [9.17, 15) is 9.18 Å². The van der Waals surface area contributed by atoms with Crippen LogP contribution in [0.4, 0.5) is 4.39 Å². The number of carbonyl (C=O) groups is 1. The van der Waals surface area contributed by atoms with Gasteiger partial charge in [-0.2, -0.15) is 5.10 Å². The van der Waals surface area contributed by atoms with Gasteiger partial charge < -0.3 is 5.32 Å². The van der Waals surface area contributed by atoms with E-state index >= 15 is 0 Å². The van der Waals surface area contributed by atoms with E-state index in [0.717, 1.165) is 35.6 Å². The zero-order valence-corrected chi connectivity index (χ0v) is 16.0. The summed E-state index contributed by atoms with van der Waals surface area (Å²) >= 11 is 0. The maximum absolute atomic E-state index is 13.4. The number of nitrogens with one attached hydrogen (secondary N) is 1. The second-order valence-electron chi connectivity index (χ2n) is 7.47. The Morgan fingerprint density at radius 3 is 2.57 bits per heavy atom. The predicted octanol–water partition coefficient (Wildman–Crippen LogP) is 4.34. The summed E-state index contributed by atoms with van der Waals surface area (Å²) in [5.41, 5.74) is 3.91. The SMILES string of the molecule is CC(C)c1c(C(=O)NCc2ccccn2)c(C2CC2)nn1-c1ccc(F)cc1. The van der Waals surface area contributed by atoms with Crippen molar-refractivity contribution in [3.8, 4) is 5.69 Å². The van der Waals surface area contributed by atoms with E-state index in [1.807, 2.05) is 32.0 Å². The lowest BCUT2D eigenvalue weighted by Gasteiger charge is -2.13. The van der Waals surface area contributed by atoms with Crippen LogP contribution >= 0.6 is 0 Å². The van der Waals surface area contributed by atoms with Crippen molar-refractivity contribution in [3.05, 3.63) is 77.1 Å². The quantitative estimate of drug-likeness (QED) is 0.694. The Balaban J connectivity index is 1.72. The molecule has 5 nitrogen and oxygen atoms in total. The van der Waals surface area contributed by atoms with E-state index in [1.165, 1.54) is 12.1 Å². The minimum atomic E-state index is -0.294. The molecule has 0 aliphatic heterocycles. The molecule has 0 saturated heterocycles. The van der Waals surface area contributed by atoms with Gasteiger partial charge >= 0.3 is 0 Å². The third kappa shape index (κ3) is 3.67. The largest absolute Gasteiger partial charge is 0.346 e. The summed E-state index contributed by atoms with van der Waals surface area (Å²) in [6, 6.07) is 11.8. The lowest BCUT2D eigenvalue weighted by atomic mass is 10.0. The molecule has 0 bridgehead atoms. The van der Waals surface area contributed by atoms with Gasteiger partial charge in [-0.25, -0.2) is 9.07 Å². The first kappa shape index (κ1) is 18.3. The first-order valence-corrected chi connectivity index (χ1v) is 9.61. The summed E-state index contributed by atoms with van der Waals surface area (Å²) in [5, 5.41) is 7.78. The Morgan fingerprint density at radius 1 is 1.21 bits per heavy atom. The Kier molecular flexibility index (Phi) is 4.94. The summed E-state index contributed by atoms with van der Waals surface area (Å²) in [7, 11) is 0. The van der Waals surface area contributed by atoms with Crippen LogP contribution in [0.15, 0.2) is 48.7 Å². The van der Waals surface area contributed by atoms with Gasteiger partial charge in [-0.1, -0.05) is 19.9 Å². The molecule has 6 heteroatoms. The standard InChI is InChI=1S/C22H23FN4O/c1-14(2)21-19(22(28)25-13-17-5-3-4-12-24-17)20(15-6-7-15)26-27(21)18-10-8-16(23)9-11-18/h3-5,8-12,14-15H,6-7,13H2,1-2H3,(H,25,28). The molecule has 0 atom stereocenters. The molecule has 0 unspecified atom stereocenters. The van der Waals surface area contributed by atoms with Crippen LogP contribution < -0.4 is 5.32 Å². The van der Waals surface area contributed by atoms with Gasteiger partial charge in [0, 0.05) is 12.1 Å². The van der Waals surface area contributed by atoms with Crippen LogP contribution in [0.1, 0.15) is 66.0 Å². The number of rotatable bonds is 6. The molecule has 1 N–H and O–H groups in total. The van der Waals surface area contributed by atoms with E-state index in [2.05, 4.69) is 10.3 Å². The van der Waals surface area contributed by atoms with Crippen molar-refractivity contribution >= 4 is 5.91 Å². The molecule has 1 aromatic carbocycles. The fraction of sp³-hybridized carbons (Fsp3) is 0.318. The molecule has 1 aliphatic rings. The molecule has 2 heterocycles. The molecule has 0 spiro atoms. The predicted molar refractivity (Wildman–Crippen MR) is 105 cm³/mol. The van der Waals surface area contributed by atoms with Crippen LogP contribution in [0.3, 0.4) is 0 Å². The number of nitrogens with zero attached hydrogens (tertiary/aromatic N) is 3. The van der Waals surface area contributed by atoms with Gasteiger partial charge in [-0.05, 0) is 55.2 Å². The molecule has 4 rings (SSSR count). The summed E-state index contributed by atoms with van der Waals surface area (Å²) in [5.74, 6) is -0.0298. The first-order valence-electron chi connectivity index (χ1n) is 9.61. The molecule has 1 amide bonds. The molecule has 28 heavy (non-hydrogen) atoms. The van der Waals surface area contributed by atoms with E-state index in [0.29, 0.717) is 18.0 Å². The molecule has 0 radical (unpaired) electrons. The van der Waals surface area contributed by atoms with Crippen molar-refractivity contribution in [3.63, 3.8) is 0 Å². The van der Waals surface area contributed by atoms with Crippen LogP contribution in [0.2, 0.25) is 0 Å². The van der Waals surface area contributed by atoms with Crippen molar-refractivity contribution in [1.29, 1.82) is 0 Å². The highest BCUT2D eigenvalue weighted by atomic mass is 19.1. The molecule has 1 fully saturated rings. The molecule has 1 aliphatic carbocycles. The minimum absolute atomic E-state index is 0.0839. The Hall–Kier alpha value is -3.02. The summed E-state index contributed by atoms with van der Waals surface area (Å²) in [6.45, 7) is 4.45. The summed E-state index contributed by atoms with van der Waals surface area (Å²) in [4.78, 5) is 17.4. The average molecular weight is 378 g/mol. The molecule has 144 valence electrons. The topological polar surface area (TPSA) is 59.8 Å². The van der Waals surface area contributed by atoms with Crippen molar-refractivity contribution in [2.45, 2.75) is 45.1 Å². The van der Waals surface area contributed by atoms with Gasteiger partial charge in [-0.3, -0.25) is 9.78 Å². The lowest BCUT2D eigenvalue weighted by molar-refractivity contribution is 0.0948. The zero-order chi connectivity index (χ0) is 19.7. The highest BCUT2D eigenvalue weighted by Gasteiger charge is 2.35. The van der Waals surface area contributed by atoms with E-state index in [1.54, 1.807) is 23.0 Å². The number of benzene rings is 1. The van der Waals surface area contributed by atoms with Crippen LogP contribution in [0.25, 0.3) is 5.69 Å². The minimum Gasteiger partial charge on any atom is -0.346 e. The van der Waals surface area contributed by atoms with Crippen LogP contribution in [-0.2, 0) is 6.54 Å². The second kappa shape index (κ2) is 7.54. The average Bonchev–Trinajstić information content (AvgIpc) is 3.46. The fourth-order valence-corrected chi connectivity index (χ4v) is 3.40. The highest BCUT2D eigenvalue weighted by molar-refractivity contribution is 5.97. The lowest BCUT2D eigenvalue weighted by Crippen LogP contribution is -2.25. The van der Waals surface area contributed by atoms with Crippen LogP contribution in [0.5, 0.6) is 0 Å². The van der Waals surface area contributed by atoms with Crippen molar-refractivity contribution in [2.75, 3.05) is 0 Å². The number of hydrogen-bond acceptors (Lipinski definition) is 3. The molecule has 2 aromatic heterocycles. The van der Waals surface area contributed by atoms with E-state index in [-0.39, 0.29) is 17.6 Å². The van der Waals surface area contributed by atoms with Crippen molar-refractivity contribution in [2.24, 2.45) is 0 Å². The number of carbonyl (C=O) groups excluding carboxylic acids is 1. The summed E-state index contributed by atoms with van der Waals surface area (Å²) < 4.78 is 15.2. The van der Waals surface area contributed by atoms with Gasteiger partial charge in [-0.15, -0.1) is 0 Å². The third-order valence-corrected chi connectivity index (χ3v) is 4.91. The number of hydrogen-bond donors (Lipinski definition) is 1. The monoisotopic (exact) mass is 378 g/mol. The van der Waals surface area contributed by atoms with Gasteiger partial charge in [0.05, 0.1) is 34.9 Å². The number of pyridine rings is 1. The van der Waals surface area contributed by atoms with Gasteiger partial charge in [0.25, 0.3) is 5.91 Å². The second-order valence-corrected chi connectivity index (χ2v) is 7.47. The van der Waals surface area contributed by atoms with E-state index < -0.39 is 0 Å². The van der Waals surface area contributed by atoms with Gasteiger partial charge in [0.2, 0.25) is 0 Å². The fourth-order valence-electron chi connectivity index (χ4n) is 3.40. The maximum Gasteiger partial charge on any atom is 0.255 e. The maximum atomic E-state index is 13.4. The Morgan fingerprint density at radius 2 is 1.96 bits per heavy atom. The number of halogens is 1. The molecular weight excluding hydrogens is 355 g/mol. The smallest absolute Gasteiger partial charge is 0.255 e. The van der Waals surface area contributed by atoms with Gasteiger partial charge in [0.15, 0.2) is 0 Å². The molecule has 1 saturated carbocycles. The Labute approximate surface area is 163 Å². The molecular formula is C22H23FN4O. The normalized spacial score (nSPS) is 13.7. The highest BCUT2D eigenvalue weighted by Crippen LogP contribution is 2.43. The van der Waals surface area contributed by atoms with Crippen LogP contribution in [-0.4, -0.2) is 20.7 Å². The van der Waals surface area contributed by atoms with Crippen LogP contribution in [0, 0.1) is 5.82 Å². The number of amides is 1. The zero-order valence-electron chi connectivity index (χ0n) is 16.0. The van der Waals surface area contributed by atoms with Gasteiger partial charge in [0.1, 0.15) is 5.82 Å². The van der Waals surface area contributed by atoms with Crippen molar-refractivity contribution < 1.29 is 9.18 Å². The molecule has 3 aromatic rings. The first-order chi connectivity index (χ1) is 13.5. The Bertz CT molecular complexity index is 976. The number of aromatic nitrogens is 3. The van der Waals surface area contributed by atoms with Crippen molar-refractivity contribution in [1.82, 2.24) is 20.1 Å².